The smallest absolute Gasteiger partial charge is 0.0326 e. The van der Waals surface area contributed by atoms with E-state index in [0.717, 1.165) is 6.54 Å². The maximum absolute atomic E-state index is 3.64. The van der Waals surface area contributed by atoms with Gasteiger partial charge in [-0.25, -0.2) is 0 Å². The molecule has 1 atom stereocenters. The van der Waals surface area contributed by atoms with Gasteiger partial charge in [0.25, 0.3) is 0 Å². The van der Waals surface area contributed by atoms with Crippen molar-refractivity contribution in [3.05, 3.63) is 35.4 Å². The van der Waals surface area contributed by atoms with Crippen molar-refractivity contribution in [3.8, 4) is 0 Å². The highest BCUT2D eigenvalue weighted by atomic mass is 14.9. The van der Waals surface area contributed by atoms with Crippen LogP contribution in [0.15, 0.2) is 24.3 Å². The summed E-state index contributed by atoms with van der Waals surface area (Å²) in [5.41, 5.74) is 3.05. The first-order chi connectivity index (χ1) is 9.42. The lowest BCUT2D eigenvalue weighted by Gasteiger charge is -2.11. The van der Waals surface area contributed by atoms with Crippen LogP contribution in [0.5, 0.6) is 0 Å². The average molecular weight is 259 g/mol. The van der Waals surface area contributed by atoms with Gasteiger partial charge >= 0.3 is 0 Å². The molecule has 1 heterocycles. The molecule has 1 aliphatic rings. The molecule has 106 valence electrons. The number of hydrogen-bond acceptors (Lipinski definition) is 1. The third-order valence-electron chi connectivity index (χ3n) is 4.32. The van der Waals surface area contributed by atoms with Crippen LogP contribution in [0.3, 0.4) is 0 Å². The van der Waals surface area contributed by atoms with Crippen molar-refractivity contribution in [3.63, 3.8) is 0 Å². The Bertz CT molecular complexity index is 358. The highest BCUT2D eigenvalue weighted by Crippen LogP contribution is 2.29. The first kappa shape index (κ1) is 14.6. The Morgan fingerprint density at radius 1 is 0.947 bits per heavy atom. The monoisotopic (exact) mass is 259 g/mol. The van der Waals surface area contributed by atoms with E-state index in [1.165, 1.54) is 63.4 Å². The van der Waals surface area contributed by atoms with E-state index in [0.29, 0.717) is 6.04 Å². The summed E-state index contributed by atoms with van der Waals surface area (Å²) in [7, 11) is 0. The van der Waals surface area contributed by atoms with Gasteiger partial charge in [-0.2, -0.15) is 0 Å². The normalized spacial score (nSPS) is 17.6. The van der Waals surface area contributed by atoms with Gasteiger partial charge in [0.2, 0.25) is 0 Å². The number of nitrogens with one attached hydrogen (secondary N) is 1. The number of unbranched alkanes of at least 4 members (excludes halogenated alkanes) is 7. The third kappa shape index (κ3) is 4.65. The van der Waals surface area contributed by atoms with Gasteiger partial charge in [0.1, 0.15) is 0 Å². The summed E-state index contributed by atoms with van der Waals surface area (Å²) in [6.07, 6.45) is 12.6. The number of hydrogen-bond donors (Lipinski definition) is 1. The third-order valence-corrected chi connectivity index (χ3v) is 4.32. The number of benzene rings is 1. The van der Waals surface area contributed by atoms with Crippen molar-refractivity contribution in [2.75, 3.05) is 0 Å². The van der Waals surface area contributed by atoms with E-state index in [1.54, 1.807) is 5.56 Å². The summed E-state index contributed by atoms with van der Waals surface area (Å²) >= 11 is 0. The molecule has 1 N–H and O–H groups in total. The van der Waals surface area contributed by atoms with Crippen LogP contribution in [0.25, 0.3) is 0 Å². The topological polar surface area (TPSA) is 12.0 Å². The van der Waals surface area contributed by atoms with Crippen LogP contribution in [-0.4, -0.2) is 0 Å². The highest BCUT2D eigenvalue weighted by molar-refractivity contribution is 5.33. The molecule has 1 aromatic carbocycles. The van der Waals surface area contributed by atoms with Crippen molar-refractivity contribution in [2.45, 2.75) is 77.3 Å². The maximum Gasteiger partial charge on any atom is 0.0326 e. The Morgan fingerprint density at radius 2 is 1.63 bits per heavy atom. The first-order valence-corrected chi connectivity index (χ1v) is 8.23. The molecule has 0 aromatic heterocycles. The van der Waals surface area contributed by atoms with E-state index in [9.17, 15) is 0 Å². The quantitative estimate of drug-likeness (QED) is 0.588. The minimum absolute atomic E-state index is 0.622. The van der Waals surface area contributed by atoms with Crippen LogP contribution >= 0.6 is 0 Å². The summed E-state index contributed by atoms with van der Waals surface area (Å²) in [6, 6.07) is 9.50. The fourth-order valence-corrected chi connectivity index (χ4v) is 3.12. The predicted molar refractivity (Wildman–Crippen MR) is 83.2 cm³/mol. The maximum atomic E-state index is 3.64. The number of rotatable bonds is 9. The van der Waals surface area contributed by atoms with Gasteiger partial charge in [-0.15, -0.1) is 0 Å². The molecule has 1 unspecified atom stereocenters. The average Bonchev–Trinajstić information content (AvgIpc) is 2.85. The molecule has 1 aromatic rings. The van der Waals surface area contributed by atoms with Gasteiger partial charge < -0.3 is 5.32 Å². The molecule has 0 bridgehead atoms. The van der Waals surface area contributed by atoms with E-state index < -0.39 is 0 Å². The molecule has 0 fully saturated rings. The largest absolute Gasteiger partial charge is 0.306 e. The van der Waals surface area contributed by atoms with Crippen LogP contribution in [-0.2, 0) is 6.54 Å². The first-order valence-electron chi connectivity index (χ1n) is 8.23. The molecule has 0 saturated heterocycles. The van der Waals surface area contributed by atoms with Crippen LogP contribution in [0.2, 0.25) is 0 Å². The van der Waals surface area contributed by atoms with Gasteiger partial charge in [0, 0.05) is 12.6 Å². The van der Waals surface area contributed by atoms with Crippen molar-refractivity contribution < 1.29 is 0 Å². The Morgan fingerprint density at radius 3 is 2.42 bits per heavy atom. The van der Waals surface area contributed by atoms with E-state index in [4.69, 9.17) is 0 Å². The molecule has 1 nitrogen and oxygen atoms in total. The van der Waals surface area contributed by atoms with Crippen molar-refractivity contribution >= 4 is 0 Å². The fraction of sp³-hybridized carbons (Fsp3) is 0.667. The van der Waals surface area contributed by atoms with Crippen molar-refractivity contribution in [1.29, 1.82) is 0 Å². The van der Waals surface area contributed by atoms with E-state index in [1.807, 2.05) is 0 Å². The molecule has 1 heteroatoms. The van der Waals surface area contributed by atoms with Gasteiger partial charge in [0.15, 0.2) is 0 Å². The minimum atomic E-state index is 0.622. The lowest BCUT2D eigenvalue weighted by Crippen LogP contribution is -2.11. The van der Waals surface area contributed by atoms with Gasteiger partial charge in [-0.3, -0.25) is 0 Å². The van der Waals surface area contributed by atoms with Crippen LogP contribution in [0.1, 0.15) is 81.9 Å². The van der Waals surface area contributed by atoms with Gasteiger partial charge in [-0.1, -0.05) is 82.6 Å². The zero-order chi connectivity index (χ0) is 13.3. The van der Waals surface area contributed by atoms with Crippen molar-refractivity contribution in [1.82, 2.24) is 5.32 Å². The SMILES string of the molecule is CCCCCCCCCCC1NCc2ccccc21. The lowest BCUT2D eigenvalue weighted by atomic mass is 9.99. The molecule has 0 radical (unpaired) electrons. The van der Waals surface area contributed by atoms with E-state index in [-0.39, 0.29) is 0 Å². The minimum Gasteiger partial charge on any atom is -0.306 e. The second-order valence-electron chi connectivity index (χ2n) is 5.90. The fourth-order valence-electron chi connectivity index (χ4n) is 3.12. The molecule has 0 saturated carbocycles. The van der Waals surface area contributed by atoms with E-state index >= 15 is 0 Å². The summed E-state index contributed by atoms with van der Waals surface area (Å²) < 4.78 is 0. The summed E-state index contributed by atoms with van der Waals surface area (Å²) in [5.74, 6) is 0. The molecule has 0 spiro atoms. The van der Waals surface area contributed by atoms with Crippen LogP contribution in [0.4, 0.5) is 0 Å². The molecule has 19 heavy (non-hydrogen) atoms. The molecular formula is C18H29N. The second kappa shape index (κ2) is 8.37. The van der Waals surface area contributed by atoms with E-state index in [2.05, 4.69) is 36.5 Å². The Balaban J connectivity index is 1.55. The summed E-state index contributed by atoms with van der Waals surface area (Å²) in [6.45, 7) is 3.35. The molecule has 0 aliphatic carbocycles. The predicted octanol–water partition coefficient (Wildman–Crippen LogP) is 5.36. The lowest BCUT2D eigenvalue weighted by molar-refractivity contribution is 0.492. The highest BCUT2D eigenvalue weighted by Gasteiger charge is 2.19. The zero-order valence-corrected chi connectivity index (χ0v) is 12.5. The molecule has 0 amide bonds. The van der Waals surface area contributed by atoms with Crippen LogP contribution in [0, 0.1) is 0 Å². The Labute approximate surface area is 118 Å². The number of fused-ring (bicyclic) bond motifs is 1. The zero-order valence-electron chi connectivity index (χ0n) is 12.5. The van der Waals surface area contributed by atoms with Crippen LogP contribution < -0.4 is 5.32 Å². The molecular weight excluding hydrogens is 230 g/mol. The molecule has 1 aliphatic heterocycles. The summed E-state index contributed by atoms with van der Waals surface area (Å²) in [4.78, 5) is 0. The standard InChI is InChI=1S/C18H29N/c1-2-3-4-5-6-7-8-9-14-18-17-13-11-10-12-16(17)15-19-18/h10-13,18-19H,2-9,14-15H2,1H3. The molecule has 2 rings (SSSR count). The van der Waals surface area contributed by atoms with Gasteiger partial charge in [0.05, 0.1) is 0 Å². The summed E-state index contributed by atoms with van der Waals surface area (Å²) in [5, 5.41) is 3.64. The Kier molecular flexibility index (Phi) is 6.43. The Hall–Kier alpha value is -0.820. The second-order valence-corrected chi connectivity index (χ2v) is 5.90. The van der Waals surface area contributed by atoms with Crippen molar-refractivity contribution in [2.24, 2.45) is 0 Å². The van der Waals surface area contributed by atoms with Gasteiger partial charge in [-0.05, 0) is 17.5 Å².